The third-order valence-corrected chi connectivity index (χ3v) is 1.58. The molecule has 1 unspecified atom stereocenters. The van der Waals surface area contributed by atoms with Crippen LogP contribution in [0.1, 0.15) is 0 Å². The normalized spacial score (nSPS) is 33.6. The third-order valence-electron chi connectivity index (χ3n) is 0.751. The first kappa shape index (κ1) is 5.87. The van der Waals surface area contributed by atoms with E-state index in [1.807, 2.05) is 22.6 Å². The van der Waals surface area contributed by atoms with Crippen molar-refractivity contribution in [2.45, 2.75) is 3.55 Å². The van der Waals surface area contributed by atoms with Crippen molar-refractivity contribution in [2.75, 3.05) is 0 Å². The highest BCUT2D eigenvalue weighted by molar-refractivity contribution is 14.1. The van der Waals surface area contributed by atoms with Gasteiger partial charge in [-0.15, -0.1) is 0 Å². The Morgan fingerprint density at radius 3 is 2.75 bits per heavy atom. The van der Waals surface area contributed by atoms with Crippen molar-refractivity contribution >= 4 is 28.9 Å². The summed E-state index contributed by atoms with van der Waals surface area (Å²) >= 11 is 1.91. The molecule has 4 heteroatoms. The van der Waals surface area contributed by atoms with Crippen LogP contribution in [0.4, 0.5) is 0 Å². The second kappa shape index (κ2) is 1.93. The van der Waals surface area contributed by atoms with E-state index in [4.69, 9.17) is 0 Å². The van der Waals surface area contributed by atoms with Gasteiger partial charge in [-0.3, -0.25) is 4.79 Å². The number of carbonyl (C=O) groups excluding carboxylic acids is 1. The lowest BCUT2D eigenvalue weighted by molar-refractivity contribution is -0.108. The predicted molar refractivity (Wildman–Crippen MR) is 36.8 cm³/mol. The van der Waals surface area contributed by atoms with Crippen LogP contribution in [0.15, 0.2) is 22.5 Å². The fourth-order valence-electron chi connectivity index (χ4n) is 0.356. The summed E-state index contributed by atoms with van der Waals surface area (Å²) in [5.41, 5.74) is 0. The van der Waals surface area contributed by atoms with Gasteiger partial charge in [0, 0.05) is 6.20 Å². The minimum Gasteiger partial charge on any atom is -0.299 e. The van der Waals surface area contributed by atoms with Gasteiger partial charge in [0.1, 0.15) is 0 Å². The molecule has 0 amide bonds. The molecule has 1 rings (SSSR count). The number of aldehydes is 1. The van der Waals surface area contributed by atoms with Crippen LogP contribution in [0.2, 0.25) is 0 Å². The van der Waals surface area contributed by atoms with Gasteiger partial charge >= 0.3 is 0 Å². The average molecular weight is 222 g/mol. The first-order chi connectivity index (χ1) is 3.77. The van der Waals surface area contributed by atoms with Crippen molar-refractivity contribution in [3.05, 3.63) is 12.3 Å². The van der Waals surface area contributed by atoms with Gasteiger partial charge in [-0.2, -0.15) is 10.2 Å². The molecule has 0 aromatic heterocycles. The van der Waals surface area contributed by atoms with Gasteiger partial charge in [0.05, 0.1) is 0 Å². The van der Waals surface area contributed by atoms with Crippen LogP contribution >= 0.6 is 22.6 Å². The molecule has 0 bridgehead atoms. The van der Waals surface area contributed by atoms with E-state index in [1.165, 1.54) is 6.20 Å². The highest BCUT2D eigenvalue weighted by Gasteiger charge is 2.23. The molecule has 0 N–H and O–H groups in total. The smallest absolute Gasteiger partial charge is 0.207 e. The third kappa shape index (κ3) is 0.936. The molecule has 0 radical (unpaired) electrons. The molecule has 0 aromatic rings. The first-order valence-electron chi connectivity index (χ1n) is 2.02. The van der Waals surface area contributed by atoms with Gasteiger partial charge < -0.3 is 0 Å². The molecular weight excluding hydrogens is 219 g/mol. The Labute approximate surface area is 60.0 Å². The molecular formula is C4H3IN2O. The van der Waals surface area contributed by atoms with Crippen molar-refractivity contribution in [1.82, 2.24) is 0 Å². The Morgan fingerprint density at radius 1 is 1.75 bits per heavy atom. The Balaban J connectivity index is 2.83. The number of rotatable bonds is 1. The summed E-state index contributed by atoms with van der Waals surface area (Å²) in [5.74, 6) is 0. The lowest BCUT2D eigenvalue weighted by Crippen LogP contribution is -2.11. The molecule has 8 heavy (non-hydrogen) atoms. The van der Waals surface area contributed by atoms with Crippen molar-refractivity contribution in [3.63, 3.8) is 0 Å². The topological polar surface area (TPSA) is 41.8 Å². The largest absolute Gasteiger partial charge is 0.299 e. The zero-order valence-corrected chi connectivity index (χ0v) is 6.07. The molecule has 3 nitrogen and oxygen atoms in total. The van der Waals surface area contributed by atoms with E-state index in [-0.39, 0.29) is 0 Å². The highest BCUT2D eigenvalue weighted by Crippen LogP contribution is 2.23. The molecule has 0 saturated heterocycles. The monoisotopic (exact) mass is 222 g/mol. The highest BCUT2D eigenvalue weighted by atomic mass is 127. The summed E-state index contributed by atoms with van der Waals surface area (Å²) in [7, 11) is 0. The van der Waals surface area contributed by atoms with Crippen LogP contribution in [0, 0.1) is 0 Å². The second-order valence-electron chi connectivity index (χ2n) is 1.38. The molecule has 0 spiro atoms. The summed E-state index contributed by atoms with van der Waals surface area (Å²) in [6, 6.07) is 0. The van der Waals surface area contributed by atoms with Gasteiger partial charge in [0.15, 0.2) is 6.29 Å². The number of hydrogen-bond donors (Lipinski definition) is 0. The van der Waals surface area contributed by atoms with Gasteiger partial charge in [-0.05, 0) is 28.7 Å². The molecule has 0 aromatic carbocycles. The quantitative estimate of drug-likeness (QED) is 0.285. The Bertz CT molecular complexity index is 151. The maximum atomic E-state index is 10.1. The van der Waals surface area contributed by atoms with Crippen LogP contribution in [0.25, 0.3) is 0 Å². The molecule has 0 aliphatic carbocycles. The lowest BCUT2D eigenvalue weighted by atomic mass is 10.4. The van der Waals surface area contributed by atoms with E-state index < -0.39 is 3.55 Å². The zero-order valence-electron chi connectivity index (χ0n) is 3.91. The van der Waals surface area contributed by atoms with Crippen molar-refractivity contribution in [3.8, 4) is 0 Å². The Morgan fingerprint density at radius 2 is 2.50 bits per heavy atom. The molecule has 1 heterocycles. The average Bonchev–Trinajstić information content (AvgIpc) is 2.17. The molecule has 1 atom stereocenters. The van der Waals surface area contributed by atoms with E-state index in [1.54, 1.807) is 6.08 Å². The standard InChI is InChI=1S/C4H3IN2O/c5-4(3-8)1-2-6-7-4/h1-3H. The number of hydrogen-bond acceptors (Lipinski definition) is 3. The van der Waals surface area contributed by atoms with Crippen LogP contribution < -0.4 is 0 Å². The lowest BCUT2D eigenvalue weighted by Gasteiger charge is -1.99. The number of alkyl halides is 1. The molecule has 1 aliphatic rings. The SMILES string of the molecule is O=CC1(I)C=CN=N1. The van der Waals surface area contributed by atoms with E-state index in [2.05, 4.69) is 10.2 Å². The van der Waals surface area contributed by atoms with Gasteiger partial charge in [0.2, 0.25) is 3.55 Å². The first-order valence-corrected chi connectivity index (χ1v) is 3.10. The molecule has 42 valence electrons. The van der Waals surface area contributed by atoms with Gasteiger partial charge in [-0.1, -0.05) is 0 Å². The summed E-state index contributed by atoms with van der Waals surface area (Å²) in [4.78, 5) is 10.1. The van der Waals surface area contributed by atoms with E-state index >= 15 is 0 Å². The minimum absolute atomic E-state index is 0.697. The fourth-order valence-corrected chi connectivity index (χ4v) is 0.641. The van der Waals surface area contributed by atoms with Crippen LogP contribution in [-0.2, 0) is 4.79 Å². The van der Waals surface area contributed by atoms with Crippen LogP contribution in [-0.4, -0.2) is 9.83 Å². The van der Waals surface area contributed by atoms with E-state index in [0.717, 1.165) is 6.29 Å². The number of azo groups is 1. The summed E-state index contributed by atoms with van der Waals surface area (Å²) < 4.78 is -0.697. The maximum absolute atomic E-state index is 10.1. The predicted octanol–water partition coefficient (Wildman–Crippen LogP) is 1.30. The second-order valence-corrected chi connectivity index (χ2v) is 3.10. The summed E-state index contributed by atoms with van der Waals surface area (Å²) in [5, 5.41) is 7.13. The summed E-state index contributed by atoms with van der Waals surface area (Å²) in [6.45, 7) is 0. The van der Waals surface area contributed by atoms with Gasteiger partial charge in [-0.25, -0.2) is 0 Å². The van der Waals surface area contributed by atoms with Crippen LogP contribution in [0.5, 0.6) is 0 Å². The Kier molecular flexibility index (Phi) is 1.41. The van der Waals surface area contributed by atoms with Gasteiger partial charge in [0.25, 0.3) is 0 Å². The van der Waals surface area contributed by atoms with E-state index in [0.29, 0.717) is 0 Å². The van der Waals surface area contributed by atoms with Crippen molar-refractivity contribution in [2.24, 2.45) is 10.2 Å². The van der Waals surface area contributed by atoms with E-state index in [9.17, 15) is 4.79 Å². The minimum atomic E-state index is -0.697. The van der Waals surface area contributed by atoms with Crippen molar-refractivity contribution in [1.29, 1.82) is 0 Å². The fraction of sp³-hybridized carbons (Fsp3) is 0.250. The zero-order chi connectivity index (χ0) is 6.04. The van der Waals surface area contributed by atoms with Crippen molar-refractivity contribution < 1.29 is 4.79 Å². The molecule has 0 fully saturated rings. The number of nitrogens with zero attached hydrogens (tertiary/aromatic N) is 2. The Hall–Kier alpha value is -0.260. The summed E-state index contributed by atoms with van der Waals surface area (Å²) in [6.07, 6.45) is 3.90. The number of halogens is 1. The maximum Gasteiger partial charge on any atom is 0.207 e. The van der Waals surface area contributed by atoms with Crippen LogP contribution in [0.3, 0.4) is 0 Å². The number of carbonyl (C=O) groups is 1. The molecule has 1 aliphatic heterocycles. The molecule has 0 saturated carbocycles.